The number of nitrogens with one attached hydrogen (secondary N) is 2. The van der Waals surface area contributed by atoms with Crippen LogP contribution in [0.4, 0.5) is 5.13 Å². The van der Waals surface area contributed by atoms with Crippen molar-refractivity contribution >= 4 is 28.3 Å². The summed E-state index contributed by atoms with van der Waals surface area (Å²) in [6.45, 7) is -0.123. The number of anilines is 1. The van der Waals surface area contributed by atoms with Crippen LogP contribution in [0.2, 0.25) is 0 Å². The van der Waals surface area contributed by atoms with Gasteiger partial charge in [0.1, 0.15) is 10.7 Å². The zero-order valence-corrected chi connectivity index (χ0v) is 12.2. The molecule has 2 aromatic heterocycles. The average Bonchev–Trinajstić information content (AvgIpc) is 3.06. The Balaban J connectivity index is 1.49. The minimum absolute atomic E-state index is 0.123. The van der Waals surface area contributed by atoms with E-state index in [1.807, 2.05) is 0 Å². The number of carbonyl (C=O) groups excluding carboxylic acids is 2. The van der Waals surface area contributed by atoms with Gasteiger partial charge in [-0.2, -0.15) is 5.10 Å². The number of aromatic nitrogens is 4. The molecule has 8 nitrogen and oxygen atoms in total. The Morgan fingerprint density at radius 1 is 1.43 bits per heavy atom. The molecule has 9 heteroatoms. The summed E-state index contributed by atoms with van der Waals surface area (Å²) in [5.41, 5.74) is 0.398. The highest BCUT2D eigenvalue weighted by Crippen LogP contribution is 2.41. The largest absolute Gasteiger partial charge is 0.342 e. The maximum Gasteiger partial charge on any atom is 0.269 e. The van der Waals surface area contributed by atoms with Crippen molar-refractivity contribution in [1.29, 1.82) is 0 Å². The summed E-state index contributed by atoms with van der Waals surface area (Å²) >= 11 is 1.39. The maximum atomic E-state index is 11.8. The molecule has 110 valence electrons. The fourth-order valence-electron chi connectivity index (χ4n) is 1.79. The van der Waals surface area contributed by atoms with Gasteiger partial charge in [-0.05, 0) is 18.9 Å². The smallest absolute Gasteiger partial charge is 0.269 e. The lowest BCUT2D eigenvalue weighted by Gasteiger charge is -2.04. The fourth-order valence-corrected chi connectivity index (χ4v) is 2.72. The molecule has 1 aliphatic rings. The Hall–Kier alpha value is -2.29. The van der Waals surface area contributed by atoms with Crippen LogP contribution in [0.3, 0.4) is 0 Å². The van der Waals surface area contributed by atoms with E-state index in [9.17, 15) is 9.59 Å². The molecule has 1 aliphatic carbocycles. The molecule has 0 aromatic carbocycles. The molecular formula is C12H14N6O2S. The molecule has 0 bridgehead atoms. The van der Waals surface area contributed by atoms with E-state index in [4.69, 9.17) is 0 Å². The van der Waals surface area contributed by atoms with E-state index in [2.05, 4.69) is 25.9 Å². The monoisotopic (exact) mass is 306 g/mol. The number of rotatable bonds is 5. The number of nitrogens with zero attached hydrogens (tertiary/aromatic N) is 4. The minimum Gasteiger partial charge on any atom is -0.342 e. The predicted octanol–water partition coefficient (Wildman–Crippen LogP) is 0.517. The van der Waals surface area contributed by atoms with Gasteiger partial charge in [0.2, 0.25) is 11.0 Å². The lowest BCUT2D eigenvalue weighted by molar-refractivity contribution is -0.115. The third kappa shape index (κ3) is 3.24. The van der Waals surface area contributed by atoms with Gasteiger partial charge in [0.25, 0.3) is 5.91 Å². The van der Waals surface area contributed by atoms with E-state index in [0.717, 1.165) is 17.8 Å². The zero-order chi connectivity index (χ0) is 14.8. The van der Waals surface area contributed by atoms with Crippen LogP contribution < -0.4 is 10.6 Å². The van der Waals surface area contributed by atoms with E-state index in [0.29, 0.717) is 16.7 Å². The summed E-state index contributed by atoms with van der Waals surface area (Å²) in [5.74, 6) is -0.164. The van der Waals surface area contributed by atoms with Gasteiger partial charge < -0.3 is 5.32 Å². The summed E-state index contributed by atoms with van der Waals surface area (Å²) in [7, 11) is 1.66. The number of carbonyl (C=O) groups is 2. The SMILES string of the molecule is Cn1nccc1C(=O)NCC(=O)Nc1nnc(C2CC2)s1. The first-order valence-electron chi connectivity index (χ1n) is 6.53. The van der Waals surface area contributed by atoms with E-state index < -0.39 is 0 Å². The van der Waals surface area contributed by atoms with Crippen LogP contribution >= 0.6 is 11.3 Å². The van der Waals surface area contributed by atoms with Crippen LogP contribution in [0.25, 0.3) is 0 Å². The highest BCUT2D eigenvalue weighted by atomic mass is 32.1. The standard InChI is InChI=1S/C12H14N6O2S/c1-18-8(4-5-14-18)10(20)13-6-9(19)15-12-17-16-11(21-12)7-2-3-7/h4-5,7H,2-3,6H2,1H3,(H,13,20)(H,15,17,19). The van der Waals surface area contributed by atoms with Crippen molar-refractivity contribution in [3.8, 4) is 0 Å². The summed E-state index contributed by atoms with van der Waals surface area (Å²) in [4.78, 5) is 23.6. The Kier molecular flexibility index (Phi) is 3.65. The second-order valence-electron chi connectivity index (χ2n) is 4.79. The molecule has 2 aromatic rings. The molecule has 0 radical (unpaired) electrons. The van der Waals surface area contributed by atoms with Crippen molar-refractivity contribution in [1.82, 2.24) is 25.3 Å². The molecular weight excluding hydrogens is 292 g/mol. The second kappa shape index (κ2) is 5.60. The van der Waals surface area contributed by atoms with Crippen molar-refractivity contribution < 1.29 is 9.59 Å². The Morgan fingerprint density at radius 2 is 2.24 bits per heavy atom. The van der Waals surface area contributed by atoms with Crippen LogP contribution in [0, 0.1) is 0 Å². The van der Waals surface area contributed by atoms with Crippen molar-refractivity contribution in [3.05, 3.63) is 23.0 Å². The third-order valence-corrected chi connectivity index (χ3v) is 4.08. The van der Waals surface area contributed by atoms with Crippen molar-refractivity contribution in [2.24, 2.45) is 7.05 Å². The third-order valence-electron chi connectivity index (χ3n) is 3.08. The Morgan fingerprint density at radius 3 is 2.90 bits per heavy atom. The molecule has 2 N–H and O–H groups in total. The molecule has 1 fully saturated rings. The lowest BCUT2D eigenvalue weighted by atomic mass is 10.4. The quantitative estimate of drug-likeness (QED) is 0.838. The fraction of sp³-hybridized carbons (Fsp3) is 0.417. The molecule has 21 heavy (non-hydrogen) atoms. The van der Waals surface area contributed by atoms with Crippen LogP contribution in [-0.4, -0.2) is 38.3 Å². The lowest BCUT2D eigenvalue weighted by Crippen LogP contribution is -2.33. The molecule has 0 aliphatic heterocycles. The van der Waals surface area contributed by atoms with Crippen LogP contribution in [-0.2, 0) is 11.8 Å². The average molecular weight is 306 g/mol. The van der Waals surface area contributed by atoms with Gasteiger partial charge in [-0.3, -0.25) is 19.6 Å². The normalized spacial score (nSPS) is 14.0. The first-order chi connectivity index (χ1) is 10.1. The molecule has 0 atom stereocenters. The van der Waals surface area contributed by atoms with Crippen LogP contribution in [0.1, 0.15) is 34.3 Å². The molecule has 2 amide bonds. The molecule has 3 rings (SSSR count). The van der Waals surface area contributed by atoms with Gasteiger partial charge in [-0.25, -0.2) is 0 Å². The molecule has 0 saturated heterocycles. The van der Waals surface area contributed by atoms with E-state index in [1.165, 1.54) is 22.2 Å². The summed E-state index contributed by atoms with van der Waals surface area (Å²) in [6.07, 6.45) is 3.81. The maximum absolute atomic E-state index is 11.8. The zero-order valence-electron chi connectivity index (χ0n) is 11.4. The predicted molar refractivity (Wildman–Crippen MR) is 76.1 cm³/mol. The van der Waals surface area contributed by atoms with Gasteiger partial charge in [-0.1, -0.05) is 11.3 Å². The van der Waals surface area contributed by atoms with Gasteiger partial charge in [-0.15, -0.1) is 10.2 Å². The second-order valence-corrected chi connectivity index (χ2v) is 5.80. The van der Waals surface area contributed by atoms with Gasteiger partial charge >= 0.3 is 0 Å². The summed E-state index contributed by atoms with van der Waals surface area (Å²) in [6, 6.07) is 1.58. The number of aryl methyl sites for hydroxylation is 1. The van der Waals surface area contributed by atoms with Gasteiger partial charge in [0.05, 0.1) is 6.54 Å². The van der Waals surface area contributed by atoms with Gasteiger partial charge in [0, 0.05) is 19.2 Å². The highest BCUT2D eigenvalue weighted by molar-refractivity contribution is 7.15. The van der Waals surface area contributed by atoms with Gasteiger partial charge in [0.15, 0.2) is 0 Å². The molecule has 0 unspecified atom stereocenters. The van der Waals surface area contributed by atoms with Crippen LogP contribution in [0.5, 0.6) is 0 Å². The van der Waals surface area contributed by atoms with E-state index in [-0.39, 0.29) is 18.4 Å². The number of amides is 2. The molecule has 2 heterocycles. The highest BCUT2D eigenvalue weighted by Gasteiger charge is 2.27. The van der Waals surface area contributed by atoms with Crippen LogP contribution in [0.15, 0.2) is 12.3 Å². The molecule has 0 spiro atoms. The summed E-state index contributed by atoms with van der Waals surface area (Å²) < 4.78 is 1.44. The summed E-state index contributed by atoms with van der Waals surface area (Å²) in [5, 5.41) is 18.4. The Bertz CT molecular complexity index is 675. The number of hydrogen-bond donors (Lipinski definition) is 2. The van der Waals surface area contributed by atoms with Crippen molar-refractivity contribution in [3.63, 3.8) is 0 Å². The van der Waals surface area contributed by atoms with Crippen molar-refractivity contribution in [2.45, 2.75) is 18.8 Å². The first kappa shape index (κ1) is 13.7. The first-order valence-corrected chi connectivity index (χ1v) is 7.34. The number of hydrogen-bond acceptors (Lipinski definition) is 6. The van der Waals surface area contributed by atoms with E-state index >= 15 is 0 Å². The van der Waals surface area contributed by atoms with Crippen molar-refractivity contribution in [2.75, 3.05) is 11.9 Å². The van der Waals surface area contributed by atoms with E-state index in [1.54, 1.807) is 13.1 Å². The topological polar surface area (TPSA) is 102 Å². The minimum atomic E-state index is -0.346. The Labute approximate surface area is 124 Å². The molecule has 1 saturated carbocycles.